The molecule has 2 amide bonds. The van der Waals surface area contributed by atoms with E-state index in [1.807, 2.05) is 52.8 Å². The molecule has 31 heavy (non-hydrogen) atoms. The summed E-state index contributed by atoms with van der Waals surface area (Å²) in [6, 6.07) is 7.37. The van der Waals surface area contributed by atoms with Crippen molar-refractivity contribution in [3.63, 3.8) is 0 Å². The van der Waals surface area contributed by atoms with Crippen LogP contribution in [-0.4, -0.2) is 40.6 Å². The summed E-state index contributed by atoms with van der Waals surface area (Å²) in [4.78, 5) is 31.9. The van der Waals surface area contributed by atoms with Gasteiger partial charge in [-0.3, -0.25) is 9.59 Å². The number of hydrogen-bond donors (Lipinski definition) is 1. The number of aromatic nitrogens is 2. The van der Waals surface area contributed by atoms with Gasteiger partial charge in [0.05, 0.1) is 12.2 Å². The lowest BCUT2D eigenvalue weighted by Crippen LogP contribution is -2.52. The summed E-state index contributed by atoms with van der Waals surface area (Å²) in [5, 5.41) is 7.02. The number of fused-ring (bicyclic) bond motifs is 1. The number of aryl methyl sites for hydroxylation is 1. The Labute approximate surface area is 183 Å². The number of carbonyl (C=O) groups is 2. The van der Waals surface area contributed by atoms with Crippen molar-refractivity contribution in [2.45, 2.75) is 77.9 Å². The van der Waals surface area contributed by atoms with Crippen molar-refractivity contribution in [1.29, 1.82) is 0 Å². The molecule has 0 fully saturated rings. The average molecular weight is 429 g/mol. The first-order chi connectivity index (χ1) is 14.7. The van der Waals surface area contributed by atoms with Gasteiger partial charge in [-0.25, -0.2) is 0 Å². The Morgan fingerprint density at radius 2 is 1.94 bits per heavy atom. The first kappa shape index (κ1) is 22.8. The van der Waals surface area contributed by atoms with Crippen LogP contribution in [0.5, 0.6) is 5.75 Å². The van der Waals surface area contributed by atoms with Crippen LogP contribution in [0.15, 0.2) is 28.8 Å². The number of carbonyl (C=O) groups excluding carboxylic acids is 2. The third-order valence-corrected chi connectivity index (χ3v) is 5.39. The Morgan fingerprint density at radius 1 is 1.23 bits per heavy atom. The number of nitrogens with zero attached hydrogens (tertiary/aromatic N) is 3. The molecule has 1 unspecified atom stereocenters. The maximum absolute atomic E-state index is 13.1. The molecular formula is C23H32N4O4. The zero-order chi connectivity index (χ0) is 22.6. The Bertz CT molecular complexity index is 914. The standard InChI is InChI=1S/C23H32N4O4/c1-6-15(7-2)24-21(29)18-14-27(16-10-8-9-11-17(16)30-18)20(28)13-12-19-25-22(26-31-19)23(3,4)5/h8-11,15,18H,6-7,12-14H2,1-5H3,(H,24,29). The van der Waals surface area contributed by atoms with E-state index < -0.39 is 6.10 Å². The van der Waals surface area contributed by atoms with Crippen molar-refractivity contribution >= 4 is 17.5 Å². The molecule has 1 aromatic heterocycles. The summed E-state index contributed by atoms with van der Waals surface area (Å²) in [5.74, 6) is 1.26. The van der Waals surface area contributed by atoms with E-state index in [0.29, 0.717) is 29.6 Å². The van der Waals surface area contributed by atoms with Crippen LogP contribution in [0.1, 0.15) is 65.6 Å². The lowest BCUT2D eigenvalue weighted by molar-refractivity contribution is -0.129. The largest absolute Gasteiger partial charge is 0.477 e. The van der Waals surface area contributed by atoms with Crippen molar-refractivity contribution in [1.82, 2.24) is 15.5 Å². The summed E-state index contributed by atoms with van der Waals surface area (Å²) in [6.07, 6.45) is 1.46. The molecule has 0 saturated heterocycles. The normalized spacial score (nSPS) is 16.1. The molecule has 168 valence electrons. The van der Waals surface area contributed by atoms with Crippen LogP contribution in [-0.2, 0) is 21.4 Å². The molecule has 1 atom stereocenters. The van der Waals surface area contributed by atoms with Gasteiger partial charge in [-0.2, -0.15) is 4.98 Å². The fraction of sp³-hybridized carbons (Fsp3) is 0.565. The highest BCUT2D eigenvalue weighted by molar-refractivity contribution is 5.97. The summed E-state index contributed by atoms with van der Waals surface area (Å²) >= 11 is 0. The van der Waals surface area contributed by atoms with Crippen LogP contribution >= 0.6 is 0 Å². The van der Waals surface area contributed by atoms with Crippen LogP contribution in [0, 0.1) is 0 Å². The second-order valence-corrected chi connectivity index (χ2v) is 8.86. The number of amides is 2. The number of hydrogen-bond acceptors (Lipinski definition) is 6. The second-order valence-electron chi connectivity index (χ2n) is 8.86. The van der Waals surface area contributed by atoms with Gasteiger partial charge in [0, 0.05) is 24.3 Å². The van der Waals surface area contributed by atoms with E-state index >= 15 is 0 Å². The topological polar surface area (TPSA) is 97.6 Å². The maximum atomic E-state index is 13.1. The lowest BCUT2D eigenvalue weighted by atomic mass is 9.96. The van der Waals surface area contributed by atoms with Gasteiger partial charge in [0.15, 0.2) is 11.9 Å². The Kier molecular flexibility index (Phi) is 6.97. The fourth-order valence-corrected chi connectivity index (χ4v) is 3.40. The zero-order valence-electron chi connectivity index (χ0n) is 19.0. The van der Waals surface area contributed by atoms with E-state index in [2.05, 4.69) is 15.5 Å². The number of benzene rings is 1. The van der Waals surface area contributed by atoms with Crippen molar-refractivity contribution in [2.24, 2.45) is 0 Å². The van der Waals surface area contributed by atoms with Gasteiger partial charge in [0.1, 0.15) is 5.75 Å². The first-order valence-corrected chi connectivity index (χ1v) is 10.9. The van der Waals surface area contributed by atoms with Crippen molar-refractivity contribution in [2.75, 3.05) is 11.4 Å². The SMILES string of the molecule is CCC(CC)NC(=O)C1CN(C(=O)CCc2nc(C(C)(C)C)no2)c2ccccc2O1. The first-order valence-electron chi connectivity index (χ1n) is 10.9. The van der Waals surface area contributed by atoms with Gasteiger partial charge in [0.2, 0.25) is 11.8 Å². The fourth-order valence-electron chi connectivity index (χ4n) is 3.40. The molecule has 0 saturated carbocycles. The molecule has 0 aliphatic carbocycles. The van der Waals surface area contributed by atoms with Crippen LogP contribution in [0.4, 0.5) is 5.69 Å². The van der Waals surface area contributed by atoms with Gasteiger partial charge in [-0.1, -0.05) is 51.9 Å². The highest BCUT2D eigenvalue weighted by Crippen LogP contribution is 2.33. The van der Waals surface area contributed by atoms with Gasteiger partial charge in [0.25, 0.3) is 5.91 Å². The minimum atomic E-state index is -0.754. The monoisotopic (exact) mass is 428 g/mol. The maximum Gasteiger partial charge on any atom is 0.263 e. The molecule has 1 aliphatic rings. The van der Waals surface area contributed by atoms with E-state index in [4.69, 9.17) is 9.26 Å². The summed E-state index contributed by atoms with van der Waals surface area (Å²) < 4.78 is 11.2. The predicted octanol–water partition coefficient (Wildman–Crippen LogP) is 3.40. The quantitative estimate of drug-likeness (QED) is 0.726. The summed E-state index contributed by atoms with van der Waals surface area (Å²) in [7, 11) is 0. The van der Waals surface area contributed by atoms with Crippen molar-refractivity contribution in [3.8, 4) is 5.75 Å². The van der Waals surface area contributed by atoms with E-state index in [0.717, 1.165) is 12.8 Å². The molecule has 1 aliphatic heterocycles. The number of para-hydroxylation sites is 2. The molecular weight excluding hydrogens is 396 g/mol. The highest BCUT2D eigenvalue weighted by atomic mass is 16.5. The van der Waals surface area contributed by atoms with E-state index in [9.17, 15) is 9.59 Å². The molecule has 0 spiro atoms. The number of ether oxygens (including phenoxy) is 1. The molecule has 1 aromatic carbocycles. The van der Waals surface area contributed by atoms with E-state index in [1.165, 1.54) is 0 Å². The molecule has 2 heterocycles. The van der Waals surface area contributed by atoms with Crippen LogP contribution in [0.3, 0.4) is 0 Å². The Balaban J connectivity index is 1.71. The smallest absolute Gasteiger partial charge is 0.263 e. The molecule has 0 radical (unpaired) electrons. The van der Waals surface area contributed by atoms with E-state index in [-0.39, 0.29) is 36.2 Å². The predicted molar refractivity (Wildman–Crippen MR) is 117 cm³/mol. The third-order valence-electron chi connectivity index (χ3n) is 5.39. The van der Waals surface area contributed by atoms with Gasteiger partial charge < -0.3 is 19.5 Å². The molecule has 0 bridgehead atoms. The number of anilines is 1. The third kappa shape index (κ3) is 5.42. The van der Waals surface area contributed by atoms with Gasteiger partial charge in [-0.05, 0) is 25.0 Å². The summed E-state index contributed by atoms with van der Waals surface area (Å²) in [5.41, 5.74) is 0.449. The van der Waals surface area contributed by atoms with Gasteiger partial charge in [-0.15, -0.1) is 0 Å². The summed E-state index contributed by atoms with van der Waals surface area (Å²) in [6.45, 7) is 10.2. The van der Waals surface area contributed by atoms with Crippen LogP contribution in [0.2, 0.25) is 0 Å². The van der Waals surface area contributed by atoms with Crippen molar-refractivity contribution in [3.05, 3.63) is 36.0 Å². The zero-order valence-corrected chi connectivity index (χ0v) is 19.0. The Hall–Kier alpha value is -2.90. The van der Waals surface area contributed by atoms with Gasteiger partial charge >= 0.3 is 0 Å². The molecule has 2 aromatic rings. The van der Waals surface area contributed by atoms with Crippen molar-refractivity contribution < 1.29 is 18.8 Å². The minimum Gasteiger partial charge on any atom is -0.477 e. The molecule has 3 rings (SSSR count). The van der Waals surface area contributed by atoms with Crippen LogP contribution in [0.25, 0.3) is 0 Å². The lowest BCUT2D eigenvalue weighted by Gasteiger charge is -2.34. The molecule has 8 nitrogen and oxygen atoms in total. The highest BCUT2D eigenvalue weighted by Gasteiger charge is 2.34. The number of rotatable bonds is 7. The number of nitrogens with one attached hydrogen (secondary N) is 1. The second kappa shape index (κ2) is 9.49. The molecule has 8 heteroatoms. The Morgan fingerprint density at radius 3 is 2.58 bits per heavy atom. The minimum absolute atomic E-state index is 0.0898. The average Bonchev–Trinajstić information content (AvgIpc) is 3.24. The molecule has 1 N–H and O–H groups in total. The van der Waals surface area contributed by atoms with E-state index in [1.54, 1.807) is 11.0 Å². The van der Waals surface area contributed by atoms with Crippen LogP contribution < -0.4 is 15.0 Å².